The van der Waals surface area contributed by atoms with Crippen LogP contribution >= 0.6 is 0 Å². The van der Waals surface area contributed by atoms with Crippen molar-refractivity contribution in [1.82, 2.24) is 10.2 Å². The predicted molar refractivity (Wildman–Crippen MR) is 179 cm³/mol. The molecular weight excluding hydrogens is 588 g/mol. The van der Waals surface area contributed by atoms with Crippen molar-refractivity contribution >= 4 is 21.7 Å². The van der Waals surface area contributed by atoms with Crippen LogP contribution in [-0.4, -0.2) is 72.6 Å². The number of aliphatic carboxylic acids is 1. The van der Waals surface area contributed by atoms with E-state index in [4.69, 9.17) is 4.74 Å². The first-order chi connectivity index (χ1) is 21.2. The van der Waals surface area contributed by atoms with Gasteiger partial charge in [0.25, 0.3) is 5.91 Å². The lowest BCUT2D eigenvalue weighted by Gasteiger charge is -2.37. The van der Waals surface area contributed by atoms with Crippen molar-refractivity contribution in [3.8, 4) is 11.1 Å². The summed E-state index contributed by atoms with van der Waals surface area (Å²) in [5, 5.41) is 12.3. The van der Waals surface area contributed by atoms with Gasteiger partial charge in [-0.3, -0.25) is 9.69 Å². The zero-order chi connectivity index (χ0) is 32.8. The van der Waals surface area contributed by atoms with Crippen molar-refractivity contribution in [2.24, 2.45) is 5.92 Å². The van der Waals surface area contributed by atoms with Crippen LogP contribution in [0.1, 0.15) is 100 Å². The number of sulfone groups is 1. The summed E-state index contributed by atoms with van der Waals surface area (Å²) in [5.41, 5.74) is 3.88. The Morgan fingerprint density at radius 2 is 1.71 bits per heavy atom. The number of nitrogens with zero attached hydrogens (tertiary/aromatic N) is 1. The third-order valence-electron chi connectivity index (χ3n) is 9.03. The number of hydrogen-bond donors (Lipinski definition) is 2. The van der Waals surface area contributed by atoms with Crippen LogP contribution in [0.4, 0.5) is 0 Å². The van der Waals surface area contributed by atoms with Gasteiger partial charge in [-0.2, -0.15) is 0 Å². The van der Waals surface area contributed by atoms with Gasteiger partial charge in [0.15, 0.2) is 0 Å². The van der Waals surface area contributed by atoms with E-state index < -0.39 is 27.8 Å². The Kier molecular flexibility index (Phi) is 11.9. The first-order valence-corrected chi connectivity index (χ1v) is 18.6. The number of carboxylic acid groups (broad SMARTS) is 1. The monoisotopic (exact) mass is 640 g/mol. The number of benzene rings is 2. The van der Waals surface area contributed by atoms with Crippen LogP contribution in [0.15, 0.2) is 42.5 Å². The number of hydrogen-bond acceptors (Lipinski definition) is 6. The van der Waals surface area contributed by atoms with Crippen LogP contribution in [0.5, 0.6) is 0 Å². The number of rotatable bonds is 15. The fourth-order valence-corrected chi connectivity index (χ4v) is 7.10. The fraction of sp³-hybridized carbons (Fsp3) is 0.611. The molecule has 0 aromatic heterocycles. The number of nitrogens with one attached hydrogen (secondary N) is 1. The lowest BCUT2D eigenvalue weighted by atomic mass is 9.84. The van der Waals surface area contributed by atoms with Gasteiger partial charge < -0.3 is 15.2 Å². The number of carbonyl (C=O) groups excluding carboxylic acids is 1. The Morgan fingerprint density at radius 1 is 1.02 bits per heavy atom. The van der Waals surface area contributed by atoms with Crippen molar-refractivity contribution in [1.29, 1.82) is 0 Å². The van der Waals surface area contributed by atoms with Crippen molar-refractivity contribution < 1.29 is 27.9 Å². The summed E-state index contributed by atoms with van der Waals surface area (Å²) < 4.78 is 29.8. The summed E-state index contributed by atoms with van der Waals surface area (Å²) in [7, 11) is -3.39. The Bertz CT molecular complexity index is 1420. The van der Waals surface area contributed by atoms with Gasteiger partial charge in [0.2, 0.25) is 0 Å². The summed E-state index contributed by atoms with van der Waals surface area (Å²) in [4.78, 5) is 28.2. The molecule has 8 nitrogen and oxygen atoms in total. The van der Waals surface area contributed by atoms with E-state index in [0.29, 0.717) is 30.2 Å². The molecule has 0 radical (unpaired) electrons. The highest BCUT2D eigenvalue weighted by Crippen LogP contribution is 2.36. The number of carbonyl (C=O) groups is 2. The predicted octanol–water partition coefficient (Wildman–Crippen LogP) is 6.40. The molecule has 4 rings (SSSR count). The highest BCUT2D eigenvalue weighted by molar-refractivity contribution is 7.90. The number of amides is 1. The molecular formula is C36H52N2O6S. The largest absolute Gasteiger partial charge is 0.480 e. The van der Waals surface area contributed by atoms with Crippen LogP contribution in [0.2, 0.25) is 0 Å². The van der Waals surface area contributed by atoms with Gasteiger partial charge in [0.1, 0.15) is 15.9 Å². The Hall–Kier alpha value is -2.75. The SMILES string of the molecule is Cc1ccccc1-c1cc(CN(C2CC2)[C@@H](COC(C)(C)C)CC2CCCCC2)ccc1C(=O)N[C@@H](CCS(C)(=O)=O)C(=O)O. The molecule has 9 heteroatoms. The standard InChI is InChI=1S/C36H52N2O6S/c1-25-11-9-10-14-30(25)32-22-27(15-18-31(32)34(39)37-33(35(40)41)19-20-45(5,42)43)23-38(28-16-17-28)29(24-44-36(2,3)4)21-26-12-7-6-8-13-26/h9-11,14-15,18,22,26,28-29,33H,6-8,12-13,16-17,19-21,23-24H2,1-5H3,(H,37,39)(H,40,41)/t29-,33+/m1/s1. The minimum atomic E-state index is -3.39. The van der Waals surface area contributed by atoms with E-state index in [1.807, 2.05) is 37.3 Å². The maximum Gasteiger partial charge on any atom is 0.326 e. The molecule has 1 amide bonds. The number of ether oxygens (including phenoxy) is 1. The molecule has 2 saturated carbocycles. The van der Waals surface area contributed by atoms with Crippen molar-refractivity contribution in [3.63, 3.8) is 0 Å². The molecule has 0 unspecified atom stereocenters. The molecule has 0 aliphatic heterocycles. The highest BCUT2D eigenvalue weighted by Gasteiger charge is 2.36. The fourth-order valence-electron chi connectivity index (χ4n) is 6.44. The second-order valence-electron chi connectivity index (χ2n) is 14.2. The summed E-state index contributed by atoms with van der Waals surface area (Å²) in [6, 6.07) is 13.2. The van der Waals surface area contributed by atoms with E-state index in [-0.39, 0.29) is 17.8 Å². The molecule has 0 heterocycles. The molecule has 2 aliphatic rings. The van der Waals surface area contributed by atoms with E-state index in [1.165, 1.54) is 44.9 Å². The molecule has 0 bridgehead atoms. The second-order valence-corrected chi connectivity index (χ2v) is 16.5. The normalized spacial score (nSPS) is 17.6. The third kappa shape index (κ3) is 10.9. The zero-order valence-electron chi connectivity index (χ0n) is 27.7. The third-order valence-corrected chi connectivity index (χ3v) is 10.0. The van der Waals surface area contributed by atoms with Crippen LogP contribution in [-0.2, 0) is 25.9 Å². The van der Waals surface area contributed by atoms with Gasteiger partial charge in [0, 0.05) is 30.4 Å². The highest BCUT2D eigenvalue weighted by atomic mass is 32.2. The summed E-state index contributed by atoms with van der Waals surface area (Å²) in [5.74, 6) is -1.41. The molecule has 248 valence electrons. The van der Waals surface area contributed by atoms with Gasteiger partial charge in [-0.15, -0.1) is 0 Å². The average Bonchev–Trinajstić information content (AvgIpc) is 3.81. The molecule has 45 heavy (non-hydrogen) atoms. The molecule has 2 aliphatic carbocycles. The summed E-state index contributed by atoms with van der Waals surface area (Å²) in [6.45, 7) is 9.76. The Labute approximate surface area is 269 Å². The van der Waals surface area contributed by atoms with Crippen molar-refractivity contribution in [2.45, 2.75) is 116 Å². The molecule has 2 aromatic carbocycles. The number of aryl methyl sites for hydroxylation is 1. The summed E-state index contributed by atoms with van der Waals surface area (Å²) in [6.07, 6.45) is 10.8. The van der Waals surface area contributed by atoms with Gasteiger partial charge >= 0.3 is 5.97 Å². The molecule has 0 spiro atoms. The van der Waals surface area contributed by atoms with Gasteiger partial charge in [-0.05, 0) is 93.7 Å². The van der Waals surface area contributed by atoms with E-state index >= 15 is 0 Å². The van der Waals surface area contributed by atoms with E-state index in [2.05, 4.69) is 37.1 Å². The molecule has 0 saturated heterocycles. The van der Waals surface area contributed by atoms with E-state index in [1.54, 1.807) is 6.07 Å². The van der Waals surface area contributed by atoms with Crippen LogP contribution in [0, 0.1) is 12.8 Å². The Balaban J connectivity index is 1.64. The molecule has 2 fully saturated rings. The van der Waals surface area contributed by atoms with Gasteiger partial charge in [0.05, 0.1) is 18.0 Å². The minimum absolute atomic E-state index is 0.201. The van der Waals surface area contributed by atoms with Crippen LogP contribution < -0.4 is 5.32 Å². The second kappa shape index (κ2) is 15.2. The lowest BCUT2D eigenvalue weighted by Crippen LogP contribution is -2.43. The smallest absolute Gasteiger partial charge is 0.326 e. The van der Waals surface area contributed by atoms with Crippen LogP contribution in [0.25, 0.3) is 11.1 Å². The average molecular weight is 641 g/mol. The maximum atomic E-state index is 13.6. The maximum absolute atomic E-state index is 13.6. The zero-order valence-corrected chi connectivity index (χ0v) is 28.5. The molecule has 2 aromatic rings. The van der Waals surface area contributed by atoms with Gasteiger partial charge in [-0.25, -0.2) is 13.2 Å². The topological polar surface area (TPSA) is 113 Å². The van der Waals surface area contributed by atoms with Gasteiger partial charge in [-0.1, -0.05) is 62.4 Å². The molecule has 2 atom stereocenters. The molecule has 2 N–H and O–H groups in total. The quantitative estimate of drug-likeness (QED) is 0.232. The van der Waals surface area contributed by atoms with Crippen LogP contribution in [0.3, 0.4) is 0 Å². The van der Waals surface area contributed by atoms with Crippen molar-refractivity contribution in [2.75, 3.05) is 18.6 Å². The minimum Gasteiger partial charge on any atom is -0.480 e. The van der Waals surface area contributed by atoms with E-state index in [9.17, 15) is 23.1 Å². The summed E-state index contributed by atoms with van der Waals surface area (Å²) >= 11 is 0. The van der Waals surface area contributed by atoms with E-state index in [0.717, 1.165) is 41.5 Å². The first kappa shape index (κ1) is 35.1. The first-order valence-electron chi connectivity index (χ1n) is 16.5. The Morgan fingerprint density at radius 3 is 2.31 bits per heavy atom. The van der Waals surface area contributed by atoms with Crippen molar-refractivity contribution in [3.05, 3.63) is 59.2 Å². The number of carboxylic acids is 1. The lowest BCUT2D eigenvalue weighted by molar-refractivity contribution is -0.139.